The van der Waals surface area contributed by atoms with Crippen molar-refractivity contribution in [1.29, 1.82) is 0 Å². The van der Waals surface area contributed by atoms with Crippen molar-refractivity contribution >= 4 is 17.7 Å². The lowest BCUT2D eigenvalue weighted by atomic mass is 10.1. The molecule has 2 N–H and O–H groups in total. The van der Waals surface area contributed by atoms with Crippen LogP contribution in [0.3, 0.4) is 0 Å². The van der Waals surface area contributed by atoms with Crippen molar-refractivity contribution in [3.63, 3.8) is 0 Å². The van der Waals surface area contributed by atoms with Crippen LogP contribution in [0.5, 0.6) is 5.75 Å². The Balaban J connectivity index is 1.17. The molecule has 1 aromatic heterocycles. The van der Waals surface area contributed by atoms with Gasteiger partial charge in [-0.3, -0.25) is 4.79 Å². The van der Waals surface area contributed by atoms with E-state index in [0.29, 0.717) is 36.2 Å². The van der Waals surface area contributed by atoms with Crippen molar-refractivity contribution in [1.82, 2.24) is 25.7 Å². The quantitative estimate of drug-likeness (QED) is 0.393. The molecule has 0 saturated carbocycles. The van der Waals surface area contributed by atoms with E-state index in [1.54, 1.807) is 23.9 Å². The highest BCUT2D eigenvalue weighted by Crippen LogP contribution is 2.21. The number of nitrogens with zero attached hydrogens (tertiary/aromatic N) is 3. The number of thioether (sulfide) groups is 1. The molecule has 9 heteroatoms. The predicted molar refractivity (Wildman–Crippen MR) is 129 cm³/mol. The van der Waals surface area contributed by atoms with E-state index in [4.69, 9.17) is 9.15 Å². The Morgan fingerprint density at radius 2 is 2.00 bits per heavy atom. The van der Waals surface area contributed by atoms with Crippen molar-refractivity contribution < 1.29 is 13.9 Å². The second-order valence-electron chi connectivity index (χ2n) is 7.39. The average Bonchev–Trinajstić information content (AvgIpc) is 3.55. The highest BCUT2D eigenvalue weighted by atomic mass is 32.2. The van der Waals surface area contributed by atoms with Crippen LogP contribution in [0.2, 0.25) is 0 Å². The summed E-state index contributed by atoms with van der Waals surface area (Å²) in [6.45, 7) is 2.98. The third kappa shape index (κ3) is 7.01. The van der Waals surface area contributed by atoms with Gasteiger partial charge in [0.05, 0.1) is 19.0 Å². The maximum absolute atomic E-state index is 12.3. The van der Waals surface area contributed by atoms with E-state index in [-0.39, 0.29) is 5.91 Å². The number of amides is 1. The SMILES string of the molecule is O=C(NCCCN1C=CNC1)c1ccc(-c2nnc(CSCCOc3ccccc3)o2)cc1. The molecule has 0 atom stereocenters. The molecule has 0 bridgehead atoms. The van der Waals surface area contributed by atoms with E-state index >= 15 is 0 Å². The van der Waals surface area contributed by atoms with Crippen LogP contribution in [-0.4, -0.2) is 53.1 Å². The summed E-state index contributed by atoms with van der Waals surface area (Å²) in [5.74, 6) is 3.24. The molecule has 8 nitrogen and oxygen atoms in total. The molecule has 1 aliphatic rings. The summed E-state index contributed by atoms with van der Waals surface area (Å²) in [5, 5.41) is 14.3. The highest BCUT2D eigenvalue weighted by molar-refractivity contribution is 7.98. The van der Waals surface area contributed by atoms with Crippen molar-refractivity contribution in [3.8, 4) is 17.2 Å². The summed E-state index contributed by atoms with van der Waals surface area (Å²) in [6.07, 6.45) is 4.83. The number of carbonyl (C=O) groups is 1. The largest absolute Gasteiger partial charge is 0.493 e. The molecular formula is C24H27N5O3S. The average molecular weight is 466 g/mol. The number of hydrogen-bond acceptors (Lipinski definition) is 8. The summed E-state index contributed by atoms with van der Waals surface area (Å²) in [6, 6.07) is 17.0. The second-order valence-corrected chi connectivity index (χ2v) is 8.50. The van der Waals surface area contributed by atoms with E-state index < -0.39 is 0 Å². The lowest BCUT2D eigenvalue weighted by Gasteiger charge is -2.14. The topological polar surface area (TPSA) is 92.5 Å². The predicted octanol–water partition coefficient (Wildman–Crippen LogP) is 3.50. The van der Waals surface area contributed by atoms with Crippen LogP contribution >= 0.6 is 11.8 Å². The molecule has 0 spiro atoms. The molecule has 2 aromatic carbocycles. The normalized spacial score (nSPS) is 12.5. The third-order valence-electron chi connectivity index (χ3n) is 4.93. The monoisotopic (exact) mass is 465 g/mol. The van der Waals surface area contributed by atoms with Gasteiger partial charge in [-0.15, -0.1) is 22.0 Å². The number of benzene rings is 2. The molecule has 0 saturated heterocycles. The fraction of sp³-hybridized carbons (Fsp3) is 0.292. The molecule has 3 aromatic rings. The van der Waals surface area contributed by atoms with Gasteiger partial charge in [-0.1, -0.05) is 18.2 Å². The number of carbonyl (C=O) groups excluding carboxylic acids is 1. The first-order chi connectivity index (χ1) is 16.3. The maximum Gasteiger partial charge on any atom is 0.251 e. The minimum Gasteiger partial charge on any atom is -0.493 e. The lowest BCUT2D eigenvalue weighted by Crippen LogP contribution is -2.28. The fourth-order valence-electron chi connectivity index (χ4n) is 3.21. The minimum atomic E-state index is -0.0861. The van der Waals surface area contributed by atoms with Gasteiger partial charge in [-0.25, -0.2) is 0 Å². The zero-order valence-corrected chi connectivity index (χ0v) is 19.1. The number of hydrogen-bond donors (Lipinski definition) is 2. The Kier molecular flexibility index (Phi) is 8.24. The molecule has 0 aliphatic carbocycles. The van der Waals surface area contributed by atoms with Gasteiger partial charge >= 0.3 is 0 Å². The van der Waals surface area contributed by atoms with Gasteiger partial charge in [-0.05, 0) is 42.8 Å². The highest BCUT2D eigenvalue weighted by Gasteiger charge is 2.11. The van der Waals surface area contributed by atoms with Crippen LogP contribution < -0.4 is 15.4 Å². The van der Waals surface area contributed by atoms with Crippen LogP contribution in [-0.2, 0) is 5.75 Å². The lowest BCUT2D eigenvalue weighted by molar-refractivity contribution is 0.0952. The Hall–Kier alpha value is -3.46. The summed E-state index contributed by atoms with van der Waals surface area (Å²) in [4.78, 5) is 14.5. The van der Waals surface area contributed by atoms with Crippen LogP contribution in [0.15, 0.2) is 71.4 Å². The van der Waals surface area contributed by atoms with Crippen LogP contribution in [0.1, 0.15) is 22.7 Å². The molecule has 172 valence electrons. The molecule has 1 aliphatic heterocycles. The Labute approximate surface area is 197 Å². The zero-order chi connectivity index (χ0) is 22.7. The van der Waals surface area contributed by atoms with E-state index in [9.17, 15) is 4.79 Å². The first-order valence-corrected chi connectivity index (χ1v) is 12.0. The van der Waals surface area contributed by atoms with Crippen molar-refractivity contribution in [3.05, 3.63) is 78.5 Å². The first kappa shape index (κ1) is 22.7. The molecule has 0 unspecified atom stereocenters. The van der Waals surface area contributed by atoms with Crippen LogP contribution in [0.25, 0.3) is 11.5 Å². The van der Waals surface area contributed by atoms with Gasteiger partial charge in [-0.2, -0.15) is 0 Å². The number of rotatable bonds is 12. The molecule has 0 fully saturated rings. The van der Waals surface area contributed by atoms with Gasteiger partial charge in [0.25, 0.3) is 5.91 Å². The smallest absolute Gasteiger partial charge is 0.251 e. The van der Waals surface area contributed by atoms with Gasteiger partial charge in [0, 0.05) is 42.4 Å². The molecule has 0 radical (unpaired) electrons. The molecule has 2 heterocycles. The summed E-state index contributed by atoms with van der Waals surface area (Å²) in [7, 11) is 0. The van der Waals surface area contributed by atoms with E-state index in [0.717, 1.165) is 36.7 Å². The number of para-hydroxylation sites is 1. The van der Waals surface area contributed by atoms with Gasteiger partial charge in [0.15, 0.2) is 0 Å². The Bertz CT molecular complexity index is 1040. The zero-order valence-electron chi connectivity index (χ0n) is 18.3. The van der Waals surface area contributed by atoms with E-state index in [1.807, 2.05) is 54.9 Å². The van der Waals surface area contributed by atoms with Gasteiger partial charge in [0.1, 0.15) is 5.75 Å². The van der Waals surface area contributed by atoms with Crippen molar-refractivity contribution in [2.45, 2.75) is 12.2 Å². The van der Waals surface area contributed by atoms with Gasteiger partial charge < -0.3 is 24.7 Å². The summed E-state index contributed by atoms with van der Waals surface area (Å²) >= 11 is 1.67. The van der Waals surface area contributed by atoms with Crippen LogP contribution in [0.4, 0.5) is 0 Å². The van der Waals surface area contributed by atoms with Crippen molar-refractivity contribution in [2.24, 2.45) is 0 Å². The number of aromatic nitrogens is 2. The Morgan fingerprint density at radius 1 is 1.15 bits per heavy atom. The molecule has 4 rings (SSSR count). The minimum absolute atomic E-state index is 0.0861. The number of nitrogens with one attached hydrogen (secondary N) is 2. The molecule has 33 heavy (non-hydrogen) atoms. The molecule has 1 amide bonds. The second kappa shape index (κ2) is 12.0. The Morgan fingerprint density at radius 3 is 2.79 bits per heavy atom. The third-order valence-corrected chi connectivity index (χ3v) is 5.84. The molecular weight excluding hydrogens is 438 g/mol. The van der Waals surface area contributed by atoms with E-state index in [1.165, 1.54) is 0 Å². The van der Waals surface area contributed by atoms with Gasteiger partial charge in [0.2, 0.25) is 11.8 Å². The van der Waals surface area contributed by atoms with E-state index in [2.05, 4.69) is 25.7 Å². The number of ether oxygens (including phenoxy) is 1. The van der Waals surface area contributed by atoms with Crippen LogP contribution in [0, 0.1) is 0 Å². The summed E-state index contributed by atoms with van der Waals surface area (Å²) in [5.41, 5.74) is 1.39. The fourth-order valence-corrected chi connectivity index (χ4v) is 3.84. The van der Waals surface area contributed by atoms with Crippen molar-refractivity contribution in [2.75, 3.05) is 32.1 Å². The maximum atomic E-state index is 12.3. The first-order valence-electron chi connectivity index (χ1n) is 10.9. The standard InChI is InChI=1S/C24H27N5O3S/c30-23(26-11-4-13-29-14-12-25-18-29)19-7-9-20(10-8-19)24-28-27-22(32-24)17-33-16-15-31-21-5-2-1-3-6-21/h1-3,5-10,12,14,25H,4,11,13,15-18H2,(H,26,30). The summed E-state index contributed by atoms with van der Waals surface area (Å²) < 4.78 is 11.4.